The third-order valence-electron chi connectivity index (χ3n) is 5.78. The first-order chi connectivity index (χ1) is 14.7. The number of para-hydroxylation sites is 1. The average molecular weight is 445 g/mol. The number of benzene rings is 2. The summed E-state index contributed by atoms with van der Waals surface area (Å²) in [6, 6.07) is 11.4. The van der Waals surface area contributed by atoms with E-state index >= 15 is 0 Å². The van der Waals surface area contributed by atoms with Crippen molar-refractivity contribution < 1.29 is 22.7 Å². The summed E-state index contributed by atoms with van der Waals surface area (Å²) in [7, 11) is -2.41. The van der Waals surface area contributed by atoms with Crippen LogP contribution in [-0.4, -0.2) is 45.0 Å². The molecular weight excluding hydrogens is 416 g/mol. The Bertz CT molecular complexity index is 1090. The fourth-order valence-electron chi connectivity index (χ4n) is 4.27. The number of rotatable bonds is 5. The number of carbonyl (C=O) groups is 1. The summed E-state index contributed by atoms with van der Waals surface area (Å²) >= 11 is 0. The van der Waals surface area contributed by atoms with Crippen LogP contribution in [0.15, 0.2) is 47.4 Å². The molecule has 1 atom stereocenters. The van der Waals surface area contributed by atoms with Crippen LogP contribution in [0, 0.1) is 0 Å². The van der Waals surface area contributed by atoms with Gasteiger partial charge in [-0.15, -0.1) is 0 Å². The molecule has 1 N–H and O–H groups in total. The summed E-state index contributed by atoms with van der Waals surface area (Å²) in [5.41, 5.74) is 0.547. The summed E-state index contributed by atoms with van der Waals surface area (Å²) in [6.07, 6.45) is 2.39. The smallest absolute Gasteiger partial charge is 0.257 e. The number of likely N-dealkylation sites (tertiary alicyclic amines) is 1. The molecule has 1 amide bonds. The molecule has 2 aliphatic heterocycles. The van der Waals surface area contributed by atoms with Gasteiger partial charge in [-0.1, -0.05) is 18.2 Å². The Hall–Kier alpha value is -2.58. The van der Waals surface area contributed by atoms with Gasteiger partial charge in [0.15, 0.2) is 0 Å². The number of ether oxygens (including phenoxy) is 2. The van der Waals surface area contributed by atoms with E-state index in [1.807, 2.05) is 38.1 Å². The zero-order chi connectivity index (χ0) is 22.2. The van der Waals surface area contributed by atoms with Gasteiger partial charge in [0.2, 0.25) is 10.0 Å². The molecule has 2 aromatic carbocycles. The van der Waals surface area contributed by atoms with Crippen LogP contribution in [0.2, 0.25) is 0 Å². The molecule has 2 aliphatic rings. The van der Waals surface area contributed by atoms with Crippen molar-refractivity contribution in [3.63, 3.8) is 0 Å². The number of carbonyl (C=O) groups excluding carboxylic acids is 1. The number of nitrogens with one attached hydrogen (secondary N) is 1. The van der Waals surface area contributed by atoms with Gasteiger partial charge in [-0.05, 0) is 51.0 Å². The normalized spacial score (nSPS) is 20.1. The van der Waals surface area contributed by atoms with Crippen molar-refractivity contribution in [2.75, 3.05) is 20.2 Å². The van der Waals surface area contributed by atoms with E-state index in [0.717, 1.165) is 18.4 Å². The lowest BCUT2D eigenvalue weighted by atomic mass is 9.90. The van der Waals surface area contributed by atoms with E-state index < -0.39 is 21.7 Å². The first-order valence-electron chi connectivity index (χ1n) is 10.5. The van der Waals surface area contributed by atoms with Crippen molar-refractivity contribution in [1.82, 2.24) is 9.62 Å². The average Bonchev–Trinajstić information content (AvgIpc) is 3.26. The van der Waals surface area contributed by atoms with Crippen molar-refractivity contribution in [3.8, 4) is 11.5 Å². The predicted octanol–water partition coefficient (Wildman–Crippen LogP) is 3.51. The molecule has 8 heteroatoms. The second-order valence-corrected chi connectivity index (χ2v) is 10.4. The van der Waals surface area contributed by atoms with Gasteiger partial charge in [-0.2, -0.15) is 0 Å². The van der Waals surface area contributed by atoms with Gasteiger partial charge in [-0.25, -0.2) is 13.1 Å². The molecule has 0 aliphatic carbocycles. The van der Waals surface area contributed by atoms with E-state index in [2.05, 4.69) is 4.72 Å². The Morgan fingerprint density at radius 2 is 1.87 bits per heavy atom. The Morgan fingerprint density at radius 1 is 1.16 bits per heavy atom. The lowest BCUT2D eigenvalue weighted by Gasteiger charge is -2.37. The minimum Gasteiger partial charge on any atom is -0.496 e. The van der Waals surface area contributed by atoms with E-state index in [9.17, 15) is 13.2 Å². The van der Waals surface area contributed by atoms with Gasteiger partial charge in [0.05, 0.1) is 23.6 Å². The molecule has 31 heavy (non-hydrogen) atoms. The summed E-state index contributed by atoms with van der Waals surface area (Å²) < 4.78 is 40.8. The van der Waals surface area contributed by atoms with Gasteiger partial charge in [0.1, 0.15) is 17.1 Å². The molecule has 1 saturated heterocycles. The molecular formula is C23H28N2O5S. The Balaban J connectivity index is 1.66. The lowest BCUT2D eigenvalue weighted by Crippen LogP contribution is -2.41. The maximum atomic E-state index is 13.3. The van der Waals surface area contributed by atoms with E-state index in [-0.39, 0.29) is 16.4 Å². The third kappa shape index (κ3) is 4.41. The highest BCUT2D eigenvalue weighted by Crippen LogP contribution is 2.40. The number of hydrogen-bond donors (Lipinski definition) is 1. The zero-order valence-electron chi connectivity index (χ0n) is 18.1. The maximum absolute atomic E-state index is 13.3. The number of amides is 1. The molecule has 4 rings (SSSR count). The standard InChI is InChI=1S/C23H28N2O5S/c1-23(2)15-19(17-8-4-5-9-21(17)30-23)24-31(27,28)16-10-11-20(29-3)18(14-16)22(26)25-12-6-7-13-25/h4-5,8-11,14,19,24H,6-7,12-13,15H2,1-3H3/t19-/m1/s1. The van der Waals surface area contributed by atoms with Crippen molar-refractivity contribution >= 4 is 15.9 Å². The van der Waals surface area contributed by atoms with Crippen LogP contribution in [-0.2, 0) is 10.0 Å². The monoisotopic (exact) mass is 444 g/mol. The van der Waals surface area contributed by atoms with Gasteiger partial charge in [0, 0.05) is 25.1 Å². The fourth-order valence-corrected chi connectivity index (χ4v) is 5.52. The quantitative estimate of drug-likeness (QED) is 0.763. The van der Waals surface area contributed by atoms with Crippen molar-refractivity contribution in [3.05, 3.63) is 53.6 Å². The van der Waals surface area contributed by atoms with Crippen LogP contribution in [0.3, 0.4) is 0 Å². The molecule has 0 radical (unpaired) electrons. The van der Waals surface area contributed by atoms with Gasteiger partial charge < -0.3 is 14.4 Å². The van der Waals surface area contributed by atoms with Crippen molar-refractivity contribution in [2.45, 2.75) is 49.6 Å². The number of methoxy groups -OCH3 is 1. The molecule has 0 aromatic heterocycles. The summed E-state index contributed by atoms with van der Waals surface area (Å²) in [5, 5.41) is 0. The molecule has 166 valence electrons. The third-order valence-corrected chi connectivity index (χ3v) is 7.25. The van der Waals surface area contributed by atoms with Crippen LogP contribution in [0.1, 0.15) is 55.1 Å². The summed E-state index contributed by atoms with van der Waals surface area (Å²) in [6.45, 7) is 5.21. The summed E-state index contributed by atoms with van der Waals surface area (Å²) in [5.74, 6) is 0.837. The molecule has 0 spiro atoms. The van der Waals surface area contributed by atoms with Crippen LogP contribution in [0.25, 0.3) is 0 Å². The molecule has 0 bridgehead atoms. The van der Waals surface area contributed by atoms with Crippen molar-refractivity contribution in [1.29, 1.82) is 0 Å². The minimum absolute atomic E-state index is 0.0395. The van der Waals surface area contributed by atoms with Gasteiger partial charge in [0.25, 0.3) is 5.91 Å². The molecule has 7 nitrogen and oxygen atoms in total. The second kappa shape index (κ2) is 8.16. The van der Waals surface area contributed by atoms with E-state index in [1.54, 1.807) is 11.0 Å². The topological polar surface area (TPSA) is 84.9 Å². The predicted molar refractivity (Wildman–Crippen MR) is 117 cm³/mol. The first kappa shape index (κ1) is 21.6. The first-order valence-corrected chi connectivity index (χ1v) is 12.0. The number of sulfonamides is 1. The SMILES string of the molecule is COc1ccc(S(=O)(=O)N[C@@H]2CC(C)(C)Oc3ccccc32)cc1C(=O)N1CCCC1. The Kier molecular flexibility index (Phi) is 5.70. The highest BCUT2D eigenvalue weighted by atomic mass is 32.2. The fraction of sp³-hybridized carbons (Fsp3) is 0.435. The number of nitrogens with zero attached hydrogens (tertiary/aromatic N) is 1. The molecule has 2 aromatic rings. The van der Waals surface area contributed by atoms with Gasteiger partial charge in [-0.3, -0.25) is 4.79 Å². The van der Waals surface area contributed by atoms with Gasteiger partial charge >= 0.3 is 0 Å². The highest BCUT2D eigenvalue weighted by molar-refractivity contribution is 7.89. The Labute approximate surface area is 183 Å². The van der Waals surface area contributed by atoms with E-state index in [0.29, 0.717) is 31.0 Å². The van der Waals surface area contributed by atoms with Crippen LogP contribution in [0.5, 0.6) is 11.5 Å². The van der Waals surface area contributed by atoms with E-state index in [4.69, 9.17) is 9.47 Å². The van der Waals surface area contributed by atoms with Crippen LogP contribution >= 0.6 is 0 Å². The maximum Gasteiger partial charge on any atom is 0.257 e. The summed E-state index contributed by atoms with van der Waals surface area (Å²) in [4.78, 5) is 14.7. The largest absolute Gasteiger partial charge is 0.496 e. The lowest BCUT2D eigenvalue weighted by molar-refractivity contribution is 0.0702. The minimum atomic E-state index is -3.89. The zero-order valence-corrected chi connectivity index (χ0v) is 18.9. The van der Waals surface area contributed by atoms with Crippen LogP contribution in [0.4, 0.5) is 0 Å². The Morgan fingerprint density at radius 3 is 2.58 bits per heavy atom. The molecule has 0 unspecified atom stereocenters. The number of hydrogen-bond acceptors (Lipinski definition) is 5. The molecule has 1 fully saturated rings. The molecule has 0 saturated carbocycles. The second-order valence-electron chi connectivity index (χ2n) is 8.64. The number of fused-ring (bicyclic) bond motifs is 1. The molecule has 2 heterocycles. The van der Waals surface area contributed by atoms with Crippen molar-refractivity contribution in [2.24, 2.45) is 0 Å². The van der Waals surface area contributed by atoms with Crippen LogP contribution < -0.4 is 14.2 Å². The highest BCUT2D eigenvalue weighted by Gasteiger charge is 2.36. The van der Waals surface area contributed by atoms with E-state index in [1.165, 1.54) is 19.2 Å².